The summed E-state index contributed by atoms with van der Waals surface area (Å²) in [5, 5.41) is 9.28. The zero-order valence-corrected chi connectivity index (χ0v) is 18.0. The van der Waals surface area contributed by atoms with Gasteiger partial charge in [0.15, 0.2) is 0 Å². The molecule has 0 heterocycles. The molecule has 2 aliphatic rings. The second-order valence-corrected chi connectivity index (χ2v) is 8.70. The van der Waals surface area contributed by atoms with E-state index >= 15 is 0 Å². The van der Waals surface area contributed by atoms with E-state index in [1.807, 2.05) is 18.0 Å². The average molecular weight is 419 g/mol. The summed E-state index contributed by atoms with van der Waals surface area (Å²) in [5.74, 6) is 0.119. The third-order valence-electron chi connectivity index (χ3n) is 6.77. The van der Waals surface area contributed by atoms with Crippen LogP contribution >= 0.6 is 0 Å². The van der Waals surface area contributed by atoms with Crippen LogP contribution in [0, 0.1) is 11.8 Å². The lowest BCUT2D eigenvalue weighted by atomic mass is 9.78. The minimum absolute atomic E-state index is 0.0909. The Bertz CT molecular complexity index is 741. The first-order chi connectivity index (χ1) is 14.4. The standard InChI is InChI=1S/C23H34N2O5/c1-25(18-4-3-5-18)22(26)21(24)17-9-6-15(7-10-17)13-30-14-16-8-11-20(29-2)19(12-16)23(27)28/h8,11-12,15,17-18,21H,3-7,9-10,13-14,24H2,1-2H3,(H,27,28)/t15?,17?,21-/m0/s1. The Morgan fingerprint density at radius 1 is 1.20 bits per heavy atom. The summed E-state index contributed by atoms with van der Waals surface area (Å²) in [4.78, 5) is 25.8. The van der Waals surface area contributed by atoms with Crippen molar-refractivity contribution in [2.75, 3.05) is 20.8 Å². The van der Waals surface area contributed by atoms with Gasteiger partial charge in [-0.2, -0.15) is 0 Å². The van der Waals surface area contributed by atoms with Crippen molar-refractivity contribution in [3.63, 3.8) is 0 Å². The lowest BCUT2D eigenvalue weighted by Gasteiger charge is -2.38. The molecule has 0 unspecified atom stereocenters. The molecule has 7 nitrogen and oxygen atoms in total. The summed E-state index contributed by atoms with van der Waals surface area (Å²) in [6, 6.07) is 5.07. The van der Waals surface area contributed by atoms with Crippen LogP contribution in [0.4, 0.5) is 0 Å². The molecule has 0 bridgehead atoms. The van der Waals surface area contributed by atoms with Gasteiger partial charge in [-0.05, 0) is 74.5 Å². The Balaban J connectivity index is 1.41. The molecule has 3 rings (SSSR count). The van der Waals surface area contributed by atoms with E-state index in [1.54, 1.807) is 12.1 Å². The van der Waals surface area contributed by atoms with Crippen molar-refractivity contribution in [1.29, 1.82) is 0 Å². The topological polar surface area (TPSA) is 102 Å². The SMILES string of the molecule is COc1ccc(COCC2CCC([C@H](N)C(=O)N(C)C3CCC3)CC2)cc1C(=O)O. The normalized spacial score (nSPS) is 22.8. The number of hydrogen-bond acceptors (Lipinski definition) is 5. The van der Waals surface area contributed by atoms with Crippen LogP contribution in [-0.4, -0.2) is 54.7 Å². The Morgan fingerprint density at radius 3 is 2.47 bits per heavy atom. The number of nitrogens with zero attached hydrogens (tertiary/aromatic N) is 1. The monoisotopic (exact) mass is 418 g/mol. The largest absolute Gasteiger partial charge is 0.496 e. The summed E-state index contributed by atoms with van der Waals surface area (Å²) in [6.45, 7) is 1.00. The second kappa shape index (κ2) is 10.3. The Hall–Kier alpha value is -2.12. The summed E-state index contributed by atoms with van der Waals surface area (Å²) in [6.07, 6.45) is 7.30. The van der Waals surface area contributed by atoms with E-state index < -0.39 is 12.0 Å². The van der Waals surface area contributed by atoms with Crippen LogP contribution in [0.25, 0.3) is 0 Å². The number of carbonyl (C=O) groups excluding carboxylic acids is 1. The number of nitrogens with two attached hydrogens (primary N) is 1. The number of carboxylic acids is 1. The number of aromatic carboxylic acids is 1. The predicted molar refractivity (Wildman–Crippen MR) is 113 cm³/mol. The van der Waals surface area contributed by atoms with Gasteiger partial charge in [-0.25, -0.2) is 4.79 Å². The zero-order chi connectivity index (χ0) is 21.7. The number of carboxylic acid groups (broad SMARTS) is 1. The molecular formula is C23H34N2O5. The molecule has 1 aromatic rings. The van der Waals surface area contributed by atoms with Gasteiger partial charge in [-0.1, -0.05) is 6.07 Å². The summed E-state index contributed by atoms with van der Waals surface area (Å²) >= 11 is 0. The fraction of sp³-hybridized carbons (Fsp3) is 0.652. The van der Waals surface area contributed by atoms with Crippen LogP contribution < -0.4 is 10.5 Å². The smallest absolute Gasteiger partial charge is 0.339 e. The fourth-order valence-electron chi connectivity index (χ4n) is 4.46. The number of benzene rings is 1. The Labute approximate surface area is 178 Å². The van der Waals surface area contributed by atoms with Gasteiger partial charge in [0.25, 0.3) is 0 Å². The van der Waals surface area contributed by atoms with Gasteiger partial charge in [0.1, 0.15) is 11.3 Å². The molecule has 3 N–H and O–H groups in total. The first-order valence-corrected chi connectivity index (χ1v) is 10.9. The maximum atomic E-state index is 12.6. The van der Waals surface area contributed by atoms with Crippen molar-refractivity contribution in [2.24, 2.45) is 17.6 Å². The molecule has 0 aromatic heterocycles. The molecule has 0 radical (unpaired) electrons. The quantitative estimate of drug-likeness (QED) is 0.639. The second-order valence-electron chi connectivity index (χ2n) is 8.70. The van der Waals surface area contributed by atoms with Crippen LogP contribution in [-0.2, 0) is 16.1 Å². The molecule has 166 valence electrons. The molecule has 7 heteroatoms. The minimum atomic E-state index is -1.01. The summed E-state index contributed by atoms with van der Waals surface area (Å²) in [5.41, 5.74) is 7.27. The number of methoxy groups -OCH3 is 1. The van der Waals surface area contributed by atoms with Gasteiger partial charge < -0.3 is 25.2 Å². The molecule has 0 saturated heterocycles. The Kier molecular flexibility index (Phi) is 7.72. The van der Waals surface area contributed by atoms with E-state index in [9.17, 15) is 14.7 Å². The number of rotatable bonds is 9. The van der Waals surface area contributed by atoms with Gasteiger partial charge in [-0.3, -0.25) is 4.79 Å². The molecule has 0 aliphatic heterocycles. The van der Waals surface area contributed by atoms with E-state index in [2.05, 4.69) is 0 Å². The third-order valence-corrected chi connectivity index (χ3v) is 6.77. The highest BCUT2D eigenvalue weighted by Crippen LogP contribution is 2.32. The fourth-order valence-corrected chi connectivity index (χ4v) is 4.46. The maximum Gasteiger partial charge on any atom is 0.339 e. The number of amides is 1. The van der Waals surface area contributed by atoms with Gasteiger partial charge >= 0.3 is 5.97 Å². The first kappa shape index (κ1) is 22.6. The lowest BCUT2D eigenvalue weighted by Crippen LogP contribution is -2.52. The highest BCUT2D eigenvalue weighted by molar-refractivity contribution is 5.91. The van der Waals surface area contributed by atoms with Gasteiger partial charge in [0.2, 0.25) is 5.91 Å². The highest BCUT2D eigenvalue weighted by atomic mass is 16.5. The van der Waals surface area contributed by atoms with E-state index in [1.165, 1.54) is 13.5 Å². The number of hydrogen-bond donors (Lipinski definition) is 2. The molecule has 30 heavy (non-hydrogen) atoms. The van der Waals surface area contributed by atoms with Crippen molar-refractivity contribution in [3.8, 4) is 5.75 Å². The van der Waals surface area contributed by atoms with Gasteiger partial charge in [-0.15, -0.1) is 0 Å². The van der Waals surface area contributed by atoms with Crippen molar-refractivity contribution >= 4 is 11.9 Å². The van der Waals surface area contributed by atoms with Crippen LogP contribution in [0.2, 0.25) is 0 Å². The average Bonchev–Trinajstić information content (AvgIpc) is 2.71. The van der Waals surface area contributed by atoms with Crippen molar-refractivity contribution < 1.29 is 24.2 Å². The number of likely N-dealkylation sites (N-methyl/N-ethyl adjacent to an activating group) is 1. The third kappa shape index (κ3) is 5.32. The van der Waals surface area contributed by atoms with Crippen LogP contribution in [0.1, 0.15) is 60.9 Å². The van der Waals surface area contributed by atoms with Crippen molar-refractivity contribution in [2.45, 2.75) is 63.6 Å². The van der Waals surface area contributed by atoms with E-state index in [0.29, 0.717) is 30.9 Å². The molecule has 2 fully saturated rings. The maximum absolute atomic E-state index is 12.6. The molecule has 0 spiro atoms. The van der Waals surface area contributed by atoms with E-state index in [-0.39, 0.29) is 17.4 Å². The summed E-state index contributed by atoms with van der Waals surface area (Å²) in [7, 11) is 3.35. The van der Waals surface area contributed by atoms with Gasteiger partial charge in [0.05, 0.1) is 19.8 Å². The molecule has 2 saturated carbocycles. The molecule has 1 aromatic carbocycles. The predicted octanol–water partition coefficient (Wildman–Crippen LogP) is 3.05. The zero-order valence-electron chi connectivity index (χ0n) is 18.0. The van der Waals surface area contributed by atoms with E-state index in [4.69, 9.17) is 15.2 Å². The van der Waals surface area contributed by atoms with E-state index in [0.717, 1.165) is 44.1 Å². The van der Waals surface area contributed by atoms with Gasteiger partial charge in [0, 0.05) is 19.7 Å². The summed E-state index contributed by atoms with van der Waals surface area (Å²) < 4.78 is 10.9. The molecule has 1 amide bonds. The van der Waals surface area contributed by atoms with Crippen molar-refractivity contribution in [1.82, 2.24) is 4.90 Å². The number of carbonyl (C=O) groups is 2. The Morgan fingerprint density at radius 2 is 1.90 bits per heavy atom. The lowest BCUT2D eigenvalue weighted by molar-refractivity contribution is -0.136. The molecule has 2 aliphatic carbocycles. The first-order valence-electron chi connectivity index (χ1n) is 10.9. The highest BCUT2D eigenvalue weighted by Gasteiger charge is 2.34. The van der Waals surface area contributed by atoms with Crippen molar-refractivity contribution in [3.05, 3.63) is 29.3 Å². The van der Waals surface area contributed by atoms with Crippen LogP contribution in [0.15, 0.2) is 18.2 Å². The van der Waals surface area contributed by atoms with Crippen LogP contribution in [0.5, 0.6) is 5.75 Å². The van der Waals surface area contributed by atoms with Crippen LogP contribution in [0.3, 0.4) is 0 Å². The minimum Gasteiger partial charge on any atom is -0.496 e. The molecule has 1 atom stereocenters. The number of ether oxygens (including phenoxy) is 2. The molecular weight excluding hydrogens is 384 g/mol.